The zero-order chi connectivity index (χ0) is 23.6. The second-order valence-electron chi connectivity index (χ2n) is 12.2. The number of aliphatic hydroxyl groups is 1. The molecule has 0 aromatic carbocycles. The van der Waals surface area contributed by atoms with Crippen molar-refractivity contribution in [2.75, 3.05) is 6.61 Å². The highest BCUT2D eigenvalue weighted by Gasteiger charge is 2.61. The molecule has 0 amide bonds. The van der Waals surface area contributed by atoms with Gasteiger partial charge in [0.2, 0.25) is 0 Å². The Labute approximate surface area is 195 Å². The fraction of sp³-hybridized carbons (Fsp3) is 0.778. The molecular weight excluding hydrogens is 418 g/mol. The van der Waals surface area contributed by atoms with Gasteiger partial charge in [0, 0.05) is 6.07 Å². The van der Waals surface area contributed by atoms with Gasteiger partial charge in [-0.25, -0.2) is 4.79 Å². The van der Waals surface area contributed by atoms with E-state index in [1.807, 2.05) is 6.07 Å². The van der Waals surface area contributed by atoms with Crippen molar-refractivity contribution in [1.82, 2.24) is 0 Å². The van der Waals surface area contributed by atoms with E-state index in [2.05, 4.69) is 13.8 Å². The minimum atomic E-state index is -1.52. The van der Waals surface area contributed by atoms with Crippen molar-refractivity contribution >= 4 is 5.97 Å². The normalized spacial score (nSPS) is 44.2. The maximum Gasteiger partial charge on any atom is 0.335 e. The minimum Gasteiger partial charge on any atom is -0.480 e. The van der Waals surface area contributed by atoms with Gasteiger partial charge in [-0.2, -0.15) is 0 Å². The topological polar surface area (TPSA) is 114 Å². The van der Waals surface area contributed by atoms with Gasteiger partial charge in [-0.15, -0.1) is 0 Å². The number of aliphatic hydroxyl groups excluding tert-OH is 1. The maximum absolute atomic E-state index is 11.8. The van der Waals surface area contributed by atoms with E-state index < -0.39 is 18.1 Å². The Morgan fingerprint density at radius 2 is 1.82 bits per heavy atom. The highest BCUT2D eigenvalue weighted by Crippen LogP contribution is 2.69. The van der Waals surface area contributed by atoms with Gasteiger partial charge >= 0.3 is 11.6 Å². The van der Waals surface area contributed by atoms with E-state index in [0.29, 0.717) is 29.6 Å². The Morgan fingerprint density at radius 3 is 2.48 bits per heavy atom. The largest absolute Gasteiger partial charge is 0.480 e. The van der Waals surface area contributed by atoms with Crippen LogP contribution in [-0.4, -0.2) is 28.3 Å². The molecule has 4 N–H and O–H groups in total. The van der Waals surface area contributed by atoms with Crippen LogP contribution in [0.5, 0.6) is 0 Å². The number of aliphatic carboxylic acids is 1. The molecule has 6 nitrogen and oxygen atoms in total. The lowest BCUT2D eigenvalue weighted by Gasteiger charge is -2.61. The summed E-state index contributed by atoms with van der Waals surface area (Å²) in [6.07, 6.45) is 11.4. The summed E-state index contributed by atoms with van der Waals surface area (Å²) in [6.45, 7) is 4.44. The van der Waals surface area contributed by atoms with Gasteiger partial charge in [0.05, 0.1) is 12.9 Å². The zero-order valence-corrected chi connectivity index (χ0v) is 20.0. The lowest BCUT2D eigenvalue weighted by molar-refractivity contribution is -0.154. The van der Waals surface area contributed by atoms with Crippen molar-refractivity contribution in [3.8, 4) is 0 Å². The fourth-order valence-corrected chi connectivity index (χ4v) is 9.21. The molecule has 6 heteroatoms. The predicted octanol–water partition coefficient (Wildman–Crippen LogP) is 4.16. The minimum absolute atomic E-state index is 0.160. The standard InChI is InChI=1S/C27H39NO5/c1-25-11-9-18(27(28,15-29)24(31)32)13-17(25)4-5-19-21-7-6-20(16-3-8-23(30)33-14-16)26(21,2)12-10-22(19)25/h3,8,14,17-22,29H,4-7,9-13,15,28H2,1-2H3,(H,31,32). The molecule has 182 valence electrons. The van der Waals surface area contributed by atoms with Crippen LogP contribution in [0.3, 0.4) is 0 Å². The van der Waals surface area contributed by atoms with Crippen LogP contribution in [0.1, 0.15) is 83.1 Å². The molecule has 4 fully saturated rings. The second kappa shape index (κ2) is 7.94. The van der Waals surface area contributed by atoms with Gasteiger partial charge in [-0.3, -0.25) is 4.79 Å². The molecular formula is C27H39NO5. The van der Waals surface area contributed by atoms with Crippen LogP contribution in [0.25, 0.3) is 0 Å². The summed E-state index contributed by atoms with van der Waals surface area (Å²) in [6, 6.07) is 3.53. The van der Waals surface area contributed by atoms with E-state index in [4.69, 9.17) is 10.2 Å². The van der Waals surface area contributed by atoms with E-state index in [1.165, 1.54) is 31.2 Å². The SMILES string of the molecule is CC12CCC(C(N)(CO)C(=O)O)CC1CCC1C2CCC2(C)C(c3ccc(=O)oc3)CCC12. The molecule has 1 heterocycles. The van der Waals surface area contributed by atoms with Crippen LogP contribution in [0, 0.1) is 40.4 Å². The average Bonchev–Trinajstić information content (AvgIpc) is 3.15. The summed E-state index contributed by atoms with van der Waals surface area (Å²) in [5, 5.41) is 19.5. The molecule has 1 aromatic rings. The zero-order valence-electron chi connectivity index (χ0n) is 20.0. The third kappa shape index (κ3) is 3.35. The van der Waals surface area contributed by atoms with Crippen LogP contribution in [0.2, 0.25) is 0 Å². The summed E-state index contributed by atoms with van der Waals surface area (Å²) in [5.74, 6) is 1.77. The Morgan fingerprint density at radius 1 is 1.09 bits per heavy atom. The number of nitrogens with two attached hydrogens (primary N) is 1. The molecule has 0 saturated heterocycles. The fourth-order valence-electron chi connectivity index (χ4n) is 9.21. The first kappa shape index (κ1) is 23.1. The Hall–Kier alpha value is -1.66. The molecule has 0 spiro atoms. The second-order valence-corrected chi connectivity index (χ2v) is 12.2. The van der Waals surface area contributed by atoms with Crippen LogP contribution < -0.4 is 11.4 Å². The summed E-state index contributed by atoms with van der Waals surface area (Å²) < 4.78 is 5.23. The van der Waals surface area contributed by atoms with Gasteiger partial charge in [0.15, 0.2) is 0 Å². The van der Waals surface area contributed by atoms with Crippen molar-refractivity contribution in [3.63, 3.8) is 0 Å². The molecule has 5 rings (SSSR count). The third-order valence-electron chi connectivity index (χ3n) is 11.2. The van der Waals surface area contributed by atoms with Crippen molar-refractivity contribution in [2.24, 2.45) is 46.2 Å². The molecule has 0 aliphatic heterocycles. The van der Waals surface area contributed by atoms with Crippen LogP contribution in [0.15, 0.2) is 27.6 Å². The van der Waals surface area contributed by atoms with Crippen molar-refractivity contribution < 1.29 is 19.4 Å². The summed E-state index contributed by atoms with van der Waals surface area (Å²) >= 11 is 0. The molecule has 0 bridgehead atoms. The van der Waals surface area contributed by atoms with Crippen LogP contribution in [0.4, 0.5) is 0 Å². The first-order chi connectivity index (χ1) is 15.6. The van der Waals surface area contributed by atoms with Crippen molar-refractivity contribution in [3.05, 3.63) is 34.4 Å². The van der Waals surface area contributed by atoms with Gasteiger partial charge in [0.1, 0.15) is 5.54 Å². The van der Waals surface area contributed by atoms with E-state index in [-0.39, 0.29) is 22.4 Å². The number of hydrogen-bond acceptors (Lipinski definition) is 5. The number of carboxylic acid groups (broad SMARTS) is 1. The predicted molar refractivity (Wildman–Crippen MR) is 125 cm³/mol. The van der Waals surface area contributed by atoms with E-state index >= 15 is 0 Å². The van der Waals surface area contributed by atoms with Crippen molar-refractivity contribution in [2.45, 2.75) is 83.1 Å². The number of rotatable bonds is 4. The Bertz CT molecular complexity index is 955. The lowest BCUT2D eigenvalue weighted by Crippen LogP contribution is -2.61. The van der Waals surface area contributed by atoms with E-state index in [1.54, 1.807) is 12.3 Å². The smallest absolute Gasteiger partial charge is 0.335 e. The Kier molecular flexibility index (Phi) is 5.56. The first-order valence-electron chi connectivity index (χ1n) is 12.9. The van der Waals surface area contributed by atoms with Gasteiger partial charge in [-0.05, 0) is 116 Å². The number of carboxylic acids is 1. The number of hydrogen-bond donors (Lipinski definition) is 3. The quantitative estimate of drug-likeness (QED) is 0.626. The maximum atomic E-state index is 11.8. The molecule has 9 unspecified atom stereocenters. The molecule has 4 saturated carbocycles. The molecule has 33 heavy (non-hydrogen) atoms. The molecule has 0 radical (unpaired) electrons. The monoisotopic (exact) mass is 457 g/mol. The van der Waals surface area contributed by atoms with Crippen LogP contribution in [-0.2, 0) is 4.79 Å². The third-order valence-corrected chi connectivity index (χ3v) is 11.2. The first-order valence-corrected chi connectivity index (χ1v) is 12.9. The average molecular weight is 458 g/mol. The summed E-state index contributed by atoms with van der Waals surface area (Å²) in [7, 11) is 0. The van der Waals surface area contributed by atoms with Crippen molar-refractivity contribution in [1.29, 1.82) is 0 Å². The summed E-state index contributed by atoms with van der Waals surface area (Å²) in [5.41, 5.74) is 6.05. The van der Waals surface area contributed by atoms with E-state index in [0.717, 1.165) is 32.1 Å². The van der Waals surface area contributed by atoms with Gasteiger partial charge in [0.25, 0.3) is 0 Å². The van der Waals surface area contributed by atoms with Gasteiger partial charge in [-0.1, -0.05) is 13.8 Å². The molecule has 9 atom stereocenters. The molecule has 4 aliphatic carbocycles. The number of fused-ring (bicyclic) bond motifs is 5. The Balaban J connectivity index is 1.37. The summed E-state index contributed by atoms with van der Waals surface area (Å²) in [4.78, 5) is 23.3. The lowest BCUT2D eigenvalue weighted by atomic mass is 9.43. The van der Waals surface area contributed by atoms with Gasteiger partial charge < -0.3 is 20.4 Å². The highest BCUT2D eigenvalue weighted by molar-refractivity contribution is 5.79. The highest BCUT2D eigenvalue weighted by atomic mass is 16.4. The number of carbonyl (C=O) groups is 1. The molecule has 4 aliphatic rings. The van der Waals surface area contributed by atoms with E-state index in [9.17, 15) is 19.8 Å². The molecule has 1 aromatic heterocycles. The van der Waals surface area contributed by atoms with Crippen LogP contribution >= 0.6 is 0 Å².